The lowest BCUT2D eigenvalue weighted by Gasteiger charge is -2.14. The van der Waals surface area contributed by atoms with E-state index in [0.717, 1.165) is 11.1 Å². The van der Waals surface area contributed by atoms with Crippen LogP contribution in [0.1, 0.15) is 29.0 Å². The van der Waals surface area contributed by atoms with Crippen LogP contribution in [-0.2, 0) is 4.74 Å². The molecule has 0 fully saturated rings. The first-order valence-electron chi connectivity index (χ1n) is 9.70. The number of benzene rings is 3. The number of rotatable bonds is 4. The molecular weight excluding hydrogens is 381 g/mol. The Bertz CT molecular complexity index is 1100. The lowest BCUT2D eigenvalue weighted by atomic mass is 9.98. The normalized spacial score (nSPS) is 11.8. The smallest absolute Gasteiger partial charge is 0.407 e. The van der Waals surface area contributed by atoms with Gasteiger partial charge in [0.1, 0.15) is 6.61 Å². The summed E-state index contributed by atoms with van der Waals surface area (Å²) in [7, 11) is 0. The third kappa shape index (κ3) is 3.99. The molecule has 4 rings (SSSR count). The van der Waals surface area contributed by atoms with Crippen LogP contribution in [0.5, 0.6) is 5.75 Å². The molecule has 0 heterocycles. The van der Waals surface area contributed by atoms with Crippen LogP contribution in [0.4, 0.5) is 9.18 Å². The molecule has 3 aromatic carbocycles. The van der Waals surface area contributed by atoms with Crippen molar-refractivity contribution in [3.8, 4) is 28.7 Å². The van der Waals surface area contributed by atoms with Gasteiger partial charge in [0.15, 0.2) is 11.6 Å². The van der Waals surface area contributed by atoms with Crippen LogP contribution in [0.25, 0.3) is 11.1 Å². The Morgan fingerprint density at radius 2 is 1.67 bits per heavy atom. The van der Waals surface area contributed by atoms with Crippen molar-refractivity contribution in [3.05, 3.63) is 89.2 Å². The number of carbonyl (C=O) groups is 1. The van der Waals surface area contributed by atoms with E-state index in [4.69, 9.17) is 4.74 Å². The van der Waals surface area contributed by atoms with Crippen LogP contribution in [0, 0.1) is 17.7 Å². The van der Waals surface area contributed by atoms with Crippen molar-refractivity contribution < 1.29 is 19.0 Å². The van der Waals surface area contributed by atoms with Crippen LogP contribution >= 0.6 is 0 Å². The maximum absolute atomic E-state index is 13.7. The number of fused-ring (bicyclic) bond motifs is 3. The summed E-state index contributed by atoms with van der Waals surface area (Å²) in [5, 5.41) is 12.0. The molecule has 0 saturated heterocycles. The predicted octanol–water partition coefficient (Wildman–Crippen LogP) is 4.81. The molecule has 0 saturated carbocycles. The van der Waals surface area contributed by atoms with E-state index in [2.05, 4.69) is 41.4 Å². The molecule has 3 aromatic rings. The van der Waals surface area contributed by atoms with Gasteiger partial charge < -0.3 is 15.2 Å². The molecular formula is C25H20FNO3. The molecule has 0 atom stereocenters. The highest BCUT2D eigenvalue weighted by molar-refractivity contribution is 5.79. The summed E-state index contributed by atoms with van der Waals surface area (Å²) in [4.78, 5) is 12.1. The standard InChI is InChI=1S/C25H20FNO3/c26-24-17(9-7-14-23(24)28)8-5-6-15-27-25(29)30-16-22-20-12-3-1-10-18(20)19-11-2-4-13-21(19)22/h1-4,7,9-14,22,28H,6,15-16H2,(H,27,29). The molecule has 0 unspecified atom stereocenters. The topological polar surface area (TPSA) is 58.6 Å². The molecule has 4 nitrogen and oxygen atoms in total. The Labute approximate surface area is 174 Å². The van der Waals surface area contributed by atoms with E-state index in [1.807, 2.05) is 24.3 Å². The van der Waals surface area contributed by atoms with Gasteiger partial charge in [-0.1, -0.05) is 66.4 Å². The van der Waals surface area contributed by atoms with E-state index < -0.39 is 17.7 Å². The maximum Gasteiger partial charge on any atom is 0.407 e. The number of hydrogen-bond acceptors (Lipinski definition) is 3. The van der Waals surface area contributed by atoms with E-state index in [1.165, 1.54) is 29.3 Å². The lowest BCUT2D eigenvalue weighted by molar-refractivity contribution is 0.143. The molecule has 0 aliphatic heterocycles. The fraction of sp³-hybridized carbons (Fsp3) is 0.160. The van der Waals surface area contributed by atoms with Gasteiger partial charge in [-0.2, -0.15) is 0 Å². The van der Waals surface area contributed by atoms with Gasteiger partial charge in [0, 0.05) is 18.9 Å². The summed E-state index contributed by atoms with van der Waals surface area (Å²) < 4.78 is 19.1. The third-order valence-corrected chi connectivity index (χ3v) is 5.06. The molecule has 0 bridgehead atoms. The first kappa shape index (κ1) is 19.5. The molecule has 1 aliphatic carbocycles. The lowest BCUT2D eigenvalue weighted by Crippen LogP contribution is -2.26. The van der Waals surface area contributed by atoms with Crippen molar-refractivity contribution in [3.63, 3.8) is 0 Å². The highest BCUT2D eigenvalue weighted by Gasteiger charge is 2.28. The summed E-state index contributed by atoms with van der Waals surface area (Å²) in [6.45, 7) is 0.532. The number of nitrogens with one attached hydrogen (secondary N) is 1. The average molecular weight is 401 g/mol. The number of halogens is 1. The minimum absolute atomic E-state index is 0.0108. The molecule has 1 amide bonds. The first-order chi connectivity index (χ1) is 14.6. The van der Waals surface area contributed by atoms with Crippen molar-refractivity contribution in [1.82, 2.24) is 5.32 Å². The zero-order valence-corrected chi connectivity index (χ0v) is 16.2. The number of hydrogen-bond donors (Lipinski definition) is 2. The second-order valence-electron chi connectivity index (χ2n) is 6.94. The van der Waals surface area contributed by atoms with Crippen LogP contribution in [0.3, 0.4) is 0 Å². The monoisotopic (exact) mass is 401 g/mol. The number of aromatic hydroxyl groups is 1. The van der Waals surface area contributed by atoms with E-state index in [1.54, 1.807) is 0 Å². The number of ether oxygens (including phenoxy) is 1. The minimum atomic E-state index is -0.741. The molecule has 2 N–H and O–H groups in total. The van der Waals surface area contributed by atoms with E-state index in [0.29, 0.717) is 6.42 Å². The van der Waals surface area contributed by atoms with Crippen molar-refractivity contribution in [1.29, 1.82) is 0 Å². The minimum Gasteiger partial charge on any atom is -0.505 e. The van der Waals surface area contributed by atoms with Crippen LogP contribution in [0.15, 0.2) is 66.7 Å². The van der Waals surface area contributed by atoms with Crippen molar-refractivity contribution in [2.45, 2.75) is 12.3 Å². The summed E-state index contributed by atoms with van der Waals surface area (Å²) >= 11 is 0. The Balaban J connectivity index is 1.30. The largest absolute Gasteiger partial charge is 0.505 e. The quantitative estimate of drug-likeness (QED) is 0.487. The second kappa shape index (κ2) is 8.71. The Morgan fingerprint density at radius 3 is 2.37 bits per heavy atom. The van der Waals surface area contributed by atoms with Crippen LogP contribution in [0.2, 0.25) is 0 Å². The van der Waals surface area contributed by atoms with Crippen molar-refractivity contribution in [2.75, 3.05) is 13.2 Å². The van der Waals surface area contributed by atoms with Gasteiger partial charge in [-0.15, -0.1) is 0 Å². The first-order valence-corrected chi connectivity index (χ1v) is 9.70. The average Bonchev–Trinajstić information content (AvgIpc) is 3.09. The van der Waals surface area contributed by atoms with E-state index >= 15 is 0 Å². The third-order valence-electron chi connectivity index (χ3n) is 5.06. The van der Waals surface area contributed by atoms with Gasteiger partial charge in [-0.05, 0) is 34.4 Å². The van der Waals surface area contributed by atoms with Crippen molar-refractivity contribution in [2.24, 2.45) is 0 Å². The Kier molecular flexibility index (Phi) is 5.67. The number of alkyl carbamates (subject to hydrolysis) is 1. The molecule has 5 heteroatoms. The molecule has 150 valence electrons. The summed E-state index contributed by atoms with van der Waals surface area (Å²) in [6, 6.07) is 20.6. The summed E-state index contributed by atoms with van der Waals surface area (Å²) in [6.07, 6.45) is -0.179. The summed E-state index contributed by atoms with van der Waals surface area (Å²) in [5.74, 6) is 4.26. The fourth-order valence-corrected chi connectivity index (χ4v) is 3.65. The Morgan fingerprint density at radius 1 is 1.00 bits per heavy atom. The van der Waals surface area contributed by atoms with Gasteiger partial charge >= 0.3 is 6.09 Å². The molecule has 1 aliphatic rings. The molecule has 0 spiro atoms. The SMILES string of the molecule is O=C(NCCC#Cc1cccc(O)c1F)OCC1c2ccccc2-c2ccccc21. The number of amides is 1. The highest BCUT2D eigenvalue weighted by atomic mass is 19.1. The van der Waals surface area contributed by atoms with Gasteiger partial charge in [-0.3, -0.25) is 0 Å². The Hall–Kier alpha value is -3.78. The fourth-order valence-electron chi connectivity index (χ4n) is 3.65. The van der Waals surface area contributed by atoms with Gasteiger partial charge in [0.25, 0.3) is 0 Å². The zero-order chi connectivity index (χ0) is 20.9. The van der Waals surface area contributed by atoms with E-state index in [9.17, 15) is 14.3 Å². The van der Waals surface area contributed by atoms with Crippen LogP contribution in [-0.4, -0.2) is 24.4 Å². The highest BCUT2D eigenvalue weighted by Crippen LogP contribution is 2.44. The summed E-state index contributed by atoms with van der Waals surface area (Å²) in [5.41, 5.74) is 4.79. The predicted molar refractivity (Wildman–Crippen MR) is 113 cm³/mol. The van der Waals surface area contributed by atoms with Crippen molar-refractivity contribution >= 4 is 6.09 Å². The molecule has 0 aromatic heterocycles. The van der Waals surface area contributed by atoms with Crippen LogP contribution < -0.4 is 5.32 Å². The van der Waals surface area contributed by atoms with E-state index in [-0.39, 0.29) is 24.6 Å². The molecule has 30 heavy (non-hydrogen) atoms. The zero-order valence-electron chi connectivity index (χ0n) is 16.2. The number of phenols is 1. The second-order valence-corrected chi connectivity index (χ2v) is 6.94. The maximum atomic E-state index is 13.7. The van der Waals surface area contributed by atoms with Gasteiger partial charge in [0.05, 0.1) is 5.56 Å². The van der Waals surface area contributed by atoms with Gasteiger partial charge in [-0.25, -0.2) is 9.18 Å². The number of phenolic OH excluding ortho intramolecular Hbond substituents is 1. The number of carbonyl (C=O) groups excluding carboxylic acids is 1. The van der Waals surface area contributed by atoms with Gasteiger partial charge in [0.2, 0.25) is 0 Å². The molecule has 0 radical (unpaired) electrons.